The standard InChI is InChI=1S/C27H34N2O6/c1-4-27(33)14-11-21-19-6-5-17-15-18(9-12-25(17,2)20(19)10-13-26(21,27)3)28-34-16-24(32)35-29-22(30)7-8-23(29)31/h1,15,19-21,33H,5-14,16H2,2-3H3/b28-18+/t19?,20?,21?,25-,26-,27+/m0/s1. The first-order valence-electron chi connectivity index (χ1n) is 12.8. The number of aliphatic hydroxyl groups is 1. The van der Waals surface area contributed by atoms with Gasteiger partial charge in [0, 0.05) is 18.3 Å². The van der Waals surface area contributed by atoms with Gasteiger partial charge in [-0.3, -0.25) is 9.59 Å². The van der Waals surface area contributed by atoms with Gasteiger partial charge in [0.2, 0.25) is 6.61 Å². The average molecular weight is 483 g/mol. The lowest BCUT2D eigenvalue weighted by molar-refractivity contribution is -0.200. The van der Waals surface area contributed by atoms with Gasteiger partial charge < -0.3 is 14.8 Å². The van der Waals surface area contributed by atoms with Gasteiger partial charge in [0.25, 0.3) is 11.8 Å². The summed E-state index contributed by atoms with van der Waals surface area (Å²) in [5.74, 6) is 2.46. The number of hydrogen-bond acceptors (Lipinski definition) is 7. The van der Waals surface area contributed by atoms with Crippen LogP contribution in [-0.2, 0) is 24.1 Å². The summed E-state index contributed by atoms with van der Waals surface area (Å²) in [5.41, 5.74) is 1.08. The minimum atomic E-state index is -0.986. The highest BCUT2D eigenvalue weighted by Gasteiger charge is 2.63. The van der Waals surface area contributed by atoms with Gasteiger partial charge in [0.05, 0.1) is 5.71 Å². The molecule has 8 heteroatoms. The predicted octanol–water partition coefficient (Wildman–Crippen LogP) is 3.29. The Morgan fingerprint density at radius 2 is 1.83 bits per heavy atom. The van der Waals surface area contributed by atoms with E-state index in [9.17, 15) is 19.5 Å². The van der Waals surface area contributed by atoms with Crippen LogP contribution in [0.2, 0.25) is 0 Å². The Hall–Kier alpha value is -2.66. The van der Waals surface area contributed by atoms with E-state index in [0.29, 0.717) is 29.2 Å². The van der Waals surface area contributed by atoms with E-state index in [-0.39, 0.29) is 23.7 Å². The van der Waals surface area contributed by atoms with E-state index in [1.807, 2.05) is 0 Å². The fourth-order valence-electron chi connectivity index (χ4n) is 7.85. The monoisotopic (exact) mass is 482 g/mol. The Labute approximate surface area is 206 Å². The van der Waals surface area contributed by atoms with Crippen molar-refractivity contribution in [2.24, 2.45) is 33.7 Å². The predicted molar refractivity (Wildman–Crippen MR) is 126 cm³/mol. The Morgan fingerprint density at radius 1 is 1.11 bits per heavy atom. The van der Waals surface area contributed by atoms with Crippen LogP contribution < -0.4 is 0 Å². The highest BCUT2D eigenvalue weighted by Crippen LogP contribution is 2.67. The summed E-state index contributed by atoms with van der Waals surface area (Å²) in [6, 6.07) is 0. The van der Waals surface area contributed by atoms with Gasteiger partial charge in [-0.25, -0.2) is 4.79 Å². The first kappa shape index (κ1) is 24.1. The molecule has 8 nitrogen and oxygen atoms in total. The summed E-state index contributed by atoms with van der Waals surface area (Å²) in [6.45, 7) is 4.11. The molecule has 0 bridgehead atoms. The van der Waals surface area contributed by atoms with E-state index < -0.39 is 30.0 Å². The molecule has 6 atom stereocenters. The number of terminal acetylenes is 1. The van der Waals surface area contributed by atoms with Gasteiger partial charge in [-0.2, -0.15) is 0 Å². The van der Waals surface area contributed by atoms with Crippen LogP contribution in [0.3, 0.4) is 0 Å². The number of imide groups is 1. The first-order valence-corrected chi connectivity index (χ1v) is 12.8. The zero-order chi connectivity index (χ0) is 25.0. The summed E-state index contributed by atoms with van der Waals surface area (Å²) in [5, 5.41) is 15.8. The lowest BCUT2D eigenvalue weighted by Gasteiger charge is -2.58. The average Bonchev–Trinajstić information content (AvgIpc) is 3.29. The highest BCUT2D eigenvalue weighted by atomic mass is 16.7. The van der Waals surface area contributed by atoms with Gasteiger partial charge in [-0.15, -0.1) is 11.5 Å². The molecular weight excluding hydrogens is 448 g/mol. The minimum Gasteiger partial charge on any atom is -0.383 e. The molecule has 0 spiro atoms. The molecule has 0 radical (unpaired) electrons. The van der Waals surface area contributed by atoms with Crippen LogP contribution in [0.1, 0.15) is 78.1 Å². The van der Waals surface area contributed by atoms with E-state index in [0.717, 1.165) is 50.7 Å². The van der Waals surface area contributed by atoms with Crippen LogP contribution in [0.25, 0.3) is 0 Å². The molecule has 3 unspecified atom stereocenters. The number of amides is 2. The smallest absolute Gasteiger partial charge is 0.373 e. The maximum atomic E-state index is 11.9. The van der Waals surface area contributed by atoms with Crippen LogP contribution >= 0.6 is 0 Å². The Kier molecular flexibility index (Phi) is 5.83. The molecule has 4 fully saturated rings. The van der Waals surface area contributed by atoms with Crippen molar-refractivity contribution in [2.75, 3.05) is 6.61 Å². The molecule has 1 saturated heterocycles. The molecule has 0 aromatic carbocycles. The van der Waals surface area contributed by atoms with Gasteiger partial charge in [0.15, 0.2) is 0 Å². The minimum absolute atomic E-state index is 0.0498. The van der Waals surface area contributed by atoms with Gasteiger partial charge >= 0.3 is 5.97 Å². The highest BCUT2D eigenvalue weighted by molar-refractivity contribution is 6.01. The number of carbonyl (C=O) groups excluding carboxylic acids is 3. The molecule has 2 amide bonds. The number of hydrogen-bond donors (Lipinski definition) is 1. The summed E-state index contributed by atoms with van der Waals surface area (Å²) in [6.07, 6.45) is 15.5. The summed E-state index contributed by atoms with van der Waals surface area (Å²) in [4.78, 5) is 45.1. The van der Waals surface area contributed by atoms with Crippen LogP contribution in [0, 0.1) is 40.9 Å². The number of fused-ring (bicyclic) bond motifs is 5. The van der Waals surface area contributed by atoms with Crippen molar-refractivity contribution in [1.82, 2.24) is 5.06 Å². The lowest BCUT2D eigenvalue weighted by Crippen LogP contribution is -2.54. The number of oxime groups is 1. The second-order valence-corrected chi connectivity index (χ2v) is 11.4. The van der Waals surface area contributed by atoms with Crippen molar-refractivity contribution in [3.05, 3.63) is 11.6 Å². The first-order chi connectivity index (χ1) is 16.6. The van der Waals surface area contributed by atoms with Gasteiger partial charge in [0.1, 0.15) is 5.60 Å². The number of rotatable bonds is 4. The van der Waals surface area contributed by atoms with E-state index >= 15 is 0 Å². The number of allylic oxidation sites excluding steroid dienone is 2. The van der Waals surface area contributed by atoms with Crippen molar-refractivity contribution in [1.29, 1.82) is 0 Å². The maximum absolute atomic E-state index is 11.9. The maximum Gasteiger partial charge on any atom is 0.373 e. The molecule has 35 heavy (non-hydrogen) atoms. The number of nitrogens with zero attached hydrogens (tertiary/aromatic N) is 2. The Balaban J connectivity index is 1.23. The molecule has 3 saturated carbocycles. The van der Waals surface area contributed by atoms with Crippen molar-refractivity contribution in [3.8, 4) is 12.3 Å². The molecule has 1 aliphatic heterocycles. The molecule has 1 heterocycles. The SMILES string of the molecule is C#C[C@@]1(O)CCC2C3CCC4=C/C(=N/OCC(=O)ON5C(=O)CCC5=O)CC[C@]4(C)C3CC[C@@]21C. The second kappa shape index (κ2) is 8.48. The van der Waals surface area contributed by atoms with Crippen molar-refractivity contribution in [3.63, 3.8) is 0 Å². The van der Waals surface area contributed by atoms with E-state index in [1.165, 1.54) is 5.57 Å². The van der Waals surface area contributed by atoms with Crippen LogP contribution in [0.4, 0.5) is 0 Å². The van der Waals surface area contributed by atoms with E-state index in [1.54, 1.807) is 0 Å². The summed E-state index contributed by atoms with van der Waals surface area (Å²) >= 11 is 0. The fourth-order valence-corrected chi connectivity index (χ4v) is 7.85. The van der Waals surface area contributed by atoms with Crippen LogP contribution in [-0.4, -0.2) is 45.9 Å². The van der Waals surface area contributed by atoms with Crippen LogP contribution in [0.15, 0.2) is 16.8 Å². The zero-order valence-corrected chi connectivity index (χ0v) is 20.5. The van der Waals surface area contributed by atoms with E-state index in [2.05, 4.69) is 31.0 Å². The lowest BCUT2D eigenvalue weighted by atomic mass is 9.46. The molecule has 0 aromatic heterocycles. The molecule has 5 rings (SSSR count). The molecule has 188 valence electrons. The number of hydroxylamine groups is 2. The third-order valence-corrected chi connectivity index (χ3v) is 9.93. The Morgan fingerprint density at radius 3 is 2.54 bits per heavy atom. The molecule has 4 aliphatic carbocycles. The molecule has 0 aromatic rings. The zero-order valence-electron chi connectivity index (χ0n) is 20.5. The van der Waals surface area contributed by atoms with Gasteiger partial charge in [-0.1, -0.05) is 30.5 Å². The third-order valence-electron chi connectivity index (χ3n) is 9.93. The molecular formula is C27H34N2O6. The Bertz CT molecular complexity index is 1040. The second-order valence-electron chi connectivity index (χ2n) is 11.4. The van der Waals surface area contributed by atoms with Crippen molar-refractivity contribution in [2.45, 2.75) is 83.7 Å². The van der Waals surface area contributed by atoms with Crippen molar-refractivity contribution >= 4 is 23.5 Å². The number of carbonyl (C=O) groups is 3. The third kappa shape index (κ3) is 3.70. The normalized spacial score (nSPS) is 41.5. The van der Waals surface area contributed by atoms with E-state index in [4.69, 9.17) is 16.1 Å². The topological polar surface area (TPSA) is 106 Å². The fraction of sp³-hybridized carbons (Fsp3) is 0.704. The largest absolute Gasteiger partial charge is 0.383 e. The summed E-state index contributed by atoms with van der Waals surface area (Å²) < 4.78 is 0. The van der Waals surface area contributed by atoms with Gasteiger partial charge in [-0.05, 0) is 80.6 Å². The quantitative estimate of drug-likeness (QED) is 0.375. The van der Waals surface area contributed by atoms with Crippen LogP contribution in [0.5, 0.6) is 0 Å². The molecule has 5 aliphatic rings. The van der Waals surface area contributed by atoms with Crippen molar-refractivity contribution < 1.29 is 29.2 Å². The summed E-state index contributed by atoms with van der Waals surface area (Å²) in [7, 11) is 0. The molecule has 1 N–H and O–H groups in total.